The summed E-state index contributed by atoms with van der Waals surface area (Å²) in [6, 6.07) is 13.7. The molecule has 0 aliphatic rings. The molecule has 0 heterocycles. The van der Waals surface area contributed by atoms with Gasteiger partial charge in [-0.05, 0) is 42.0 Å². The Balaban J connectivity index is 1.94. The fraction of sp³-hybridized carbons (Fsp3) is 0.174. The zero-order valence-corrected chi connectivity index (χ0v) is 16.7. The first-order chi connectivity index (χ1) is 15.5. The highest BCUT2D eigenvalue weighted by Crippen LogP contribution is 2.39. The van der Waals surface area contributed by atoms with Gasteiger partial charge < -0.3 is 9.64 Å². The van der Waals surface area contributed by atoms with Crippen molar-refractivity contribution in [1.29, 1.82) is 0 Å². The van der Waals surface area contributed by atoms with Crippen molar-refractivity contribution in [2.24, 2.45) is 0 Å². The summed E-state index contributed by atoms with van der Waals surface area (Å²) in [5, 5.41) is 0. The van der Waals surface area contributed by atoms with Crippen LogP contribution in [0.2, 0.25) is 0 Å². The lowest BCUT2D eigenvalue weighted by Gasteiger charge is -2.27. The number of hydrogen-bond acceptors (Lipinski definition) is 2. The van der Waals surface area contributed by atoms with E-state index in [1.54, 1.807) is 6.07 Å². The molecule has 0 amide bonds. The highest BCUT2D eigenvalue weighted by Gasteiger charge is 2.35. The predicted octanol–water partition coefficient (Wildman–Crippen LogP) is 7.76. The van der Waals surface area contributed by atoms with Crippen LogP contribution in [0.25, 0.3) is 4.85 Å². The van der Waals surface area contributed by atoms with Gasteiger partial charge in [0, 0.05) is 12.2 Å². The largest absolute Gasteiger partial charge is 0.454 e. The van der Waals surface area contributed by atoms with Crippen molar-refractivity contribution in [2.75, 3.05) is 11.4 Å². The standard InChI is InChI=1S/C23H15F7N2O/c1-31-20-10-9-16(12-18(20)23(28,29)30)32(14-22(25,26)27)13-15-5-4-6-17(11-15)33-21-8-3-2-7-19(21)24/h2-12H,13-14H2. The molecular weight excluding hydrogens is 453 g/mol. The summed E-state index contributed by atoms with van der Waals surface area (Å²) in [6.07, 6.45) is -9.62. The fourth-order valence-corrected chi connectivity index (χ4v) is 3.08. The zero-order valence-electron chi connectivity index (χ0n) is 16.7. The molecule has 172 valence electrons. The Morgan fingerprint density at radius 1 is 0.879 bits per heavy atom. The summed E-state index contributed by atoms with van der Waals surface area (Å²) in [6.45, 7) is 4.95. The number of halogens is 7. The van der Waals surface area contributed by atoms with E-state index >= 15 is 0 Å². The van der Waals surface area contributed by atoms with Crippen molar-refractivity contribution in [3.63, 3.8) is 0 Å². The first-order valence-electron chi connectivity index (χ1n) is 9.38. The molecule has 0 bridgehead atoms. The quantitative estimate of drug-likeness (QED) is 0.272. The Hall–Kier alpha value is -3.74. The molecule has 0 atom stereocenters. The van der Waals surface area contributed by atoms with Crippen LogP contribution in [-0.2, 0) is 12.7 Å². The maximum absolute atomic E-state index is 13.8. The molecule has 0 saturated carbocycles. The van der Waals surface area contributed by atoms with E-state index in [1.165, 1.54) is 42.5 Å². The molecule has 3 aromatic carbocycles. The molecule has 0 aromatic heterocycles. The minimum atomic E-state index is -4.91. The maximum atomic E-state index is 13.8. The molecule has 33 heavy (non-hydrogen) atoms. The first kappa shape index (κ1) is 23.9. The van der Waals surface area contributed by atoms with Gasteiger partial charge in [-0.25, -0.2) is 9.24 Å². The maximum Gasteiger partial charge on any atom is 0.407 e. The second kappa shape index (κ2) is 9.40. The molecule has 0 unspecified atom stereocenters. The molecule has 0 fully saturated rings. The van der Waals surface area contributed by atoms with Gasteiger partial charge in [0.1, 0.15) is 12.3 Å². The highest BCUT2D eigenvalue weighted by atomic mass is 19.4. The van der Waals surface area contributed by atoms with E-state index in [9.17, 15) is 30.7 Å². The first-order valence-corrected chi connectivity index (χ1v) is 9.38. The van der Waals surface area contributed by atoms with E-state index in [2.05, 4.69) is 4.85 Å². The van der Waals surface area contributed by atoms with Crippen LogP contribution in [0.15, 0.2) is 66.7 Å². The Morgan fingerprint density at radius 2 is 1.61 bits per heavy atom. The van der Waals surface area contributed by atoms with Gasteiger partial charge in [-0.3, -0.25) is 0 Å². The topological polar surface area (TPSA) is 16.8 Å². The predicted molar refractivity (Wildman–Crippen MR) is 108 cm³/mol. The second-order valence-corrected chi connectivity index (χ2v) is 6.96. The van der Waals surface area contributed by atoms with Crippen LogP contribution in [0.3, 0.4) is 0 Å². The third-order valence-electron chi connectivity index (χ3n) is 4.48. The lowest BCUT2D eigenvalue weighted by molar-refractivity contribution is -0.136. The van der Waals surface area contributed by atoms with E-state index in [4.69, 9.17) is 11.3 Å². The Bertz CT molecular complexity index is 1170. The van der Waals surface area contributed by atoms with Gasteiger partial charge in [0.15, 0.2) is 17.3 Å². The third kappa shape index (κ3) is 6.38. The normalized spacial score (nSPS) is 11.7. The van der Waals surface area contributed by atoms with Crippen molar-refractivity contribution in [3.05, 3.63) is 95.1 Å². The number of ether oxygens (including phenoxy) is 1. The summed E-state index contributed by atoms with van der Waals surface area (Å²) < 4.78 is 98.8. The summed E-state index contributed by atoms with van der Waals surface area (Å²) in [7, 11) is 0. The van der Waals surface area contributed by atoms with Gasteiger partial charge in [0.25, 0.3) is 0 Å². The van der Waals surface area contributed by atoms with E-state index < -0.39 is 42.5 Å². The highest BCUT2D eigenvalue weighted by molar-refractivity contribution is 5.62. The fourth-order valence-electron chi connectivity index (χ4n) is 3.08. The Kier molecular flexibility index (Phi) is 6.81. The van der Waals surface area contributed by atoms with Gasteiger partial charge in [-0.1, -0.05) is 30.3 Å². The Labute approximate surface area is 184 Å². The van der Waals surface area contributed by atoms with Crippen molar-refractivity contribution < 1.29 is 35.5 Å². The average molecular weight is 468 g/mol. The molecule has 3 rings (SSSR count). The van der Waals surface area contributed by atoms with Gasteiger partial charge in [-0.2, -0.15) is 26.3 Å². The summed E-state index contributed by atoms with van der Waals surface area (Å²) in [5.74, 6) is -0.587. The lowest BCUT2D eigenvalue weighted by Crippen LogP contribution is -2.34. The molecule has 0 aliphatic heterocycles. The number of para-hydroxylation sites is 1. The van der Waals surface area contributed by atoms with Gasteiger partial charge in [0.05, 0.1) is 12.1 Å². The summed E-state index contributed by atoms with van der Waals surface area (Å²) in [4.78, 5) is 3.51. The van der Waals surface area contributed by atoms with Gasteiger partial charge in [0.2, 0.25) is 0 Å². The van der Waals surface area contributed by atoms with Crippen molar-refractivity contribution >= 4 is 11.4 Å². The van der Waals surface area contributed by atoms with Crippen LogP contribution in [0, 0.1) is 12.4 Å². The van der Waals surface area contributed by atoms with E-state index in [0.717, 1.165) is 12.1 Å². The lowest BCUT2D eigenvalue weighted by atomic mass is 10.1. The van der Waals surface area contributed by atoms with Crippen LogP contribution in [0.1, 0.15) is 11.1 Å². The number of benzene rings is 3. The molecule has 0 N–H and O–H groups in total. The molecule has 0 spiro atoms. The molecule has 3 nitrogen and oxygen atoms in total. The zero-order chi connectivity index (χ0) is 24.2. The van der Waals surface area contributed by atoms with Crippen molar-refractivity contribution in [1.82, 2.24) is 0 Å². The monoisotopic (exact) mass is 468 g/mol. The number of hydrogen-bond donors (Lipinski definition) is 0. The molecule has 0 radical (unpaired) electrons. The number of rotatable bonds is 6. The number of anilines is 1. The Morgan fingerprint density at radius 3 is 2.24 bits per heavy atom. The molecule has 3 aromatic rings. The molecule has 0 saturated heterocycles. The molecular formula is C23H15F7N2O. The number of nitrogens with zero attached hydrogens (tertiary/aromatic N) is 2. The van der Waals surface area contributed by atoms with Crippen LogP contribution in [-0.4, -0.2) is 12.7 Å². The van der Waals surface area contributed by atoms with Crippen LogP contribution in [0.5, 0.6) is 11.5 Å². The smallest absolute Gasteiger partial charge is 0.407 e. The van der Waals surface area contributed by atoms with Gasteiger partial charge >= 0.3 is 12.4 Å². The molecule has 10 heteroatoms. The second-order valence-electron chi connectivity index (χ2n) is 6.96. The summed E-state index contributed by atoms with van der Waals surface area (Å²) >= 11 is 0. The average Bonchev–Trinajstić information content (AvgIpc) is 2.73. The van der Waals surface area contributed by atoms with Crippen molar-refractivity contribution in [3.8, 4) is 11.5 Å². The van der Waals surface area contributed by atoms with E-state index in [-0.39, 0.29) is 22.7 Å². The number of alkyl halides is 6. The van der Waals surface area contributed by atoms with Gasteiger partial charge in [-0.15, -0.1) is 0 Å². The SMILES string of the molecule is [C-]#[N+]c1ccc(N(Cc2cccc(Oc3ccccc3F)c2)CC(F)(F)F)cc1C(F)(F)F. The van der Waals surface area contributed by atoms with E-state index in [0.29, 0.717) is 11.0 Å². The van der Waals surface area contributed by atoms with Crippen LogP contribution >= 0.6 is 0 Å². The molecule has 0 aliphatic carbocycles. The van der Waals surface area contributed by atoms with Crippen molar-refractivity contribution in [2.45, 2.75) is 18.9 Å². The van der Waals surface area contributed by atoms with Crippen LogP contribution < -0.4 is 9.64 Å². The minimum Gasteiger partial charge on any atom is -0.454 e. The summed E-state index contributed by atoms with van der Waals surface area (Å²) in [5.41, 5.74) is -2.10. The minimum absolute atomic E-state index is 0.0913. The third-order valence-corrected chi connectivity index (χ3v) is 4.48. The van der Waals surface area contributed by atoms with E-state index in [1.807, 2.05) is 0 Å². The van der Waals surface area contributed by atoms with Crippen LogP contribution in [0.4, 0.5) is 42.1 Å².